The van der Waals surface area contributed by atoms with Crippen LogP contribution in [0.15, 0.2) is 97.1 Å². The minimum absolute atomic E-state index is 0.0841. The van der Waals surface area contributed by atoms with E-state index in [1.165, 1.54) is 5.56 Å². The van der Waals surface area contributed by atoms with E-state index in [2.05, 4.69) is 31.2 Å². The maximum Gasteiger partial charge on any atom is 0.328 e. The topological polar surface area (TPSA) is 109 Å². The van der Waals surface area contributed by atoms with Gasteiger partial charge in [0.25, 0.3) is 0 Å². The zero-order chi connectivity index (χ0) is 26.8. The summed E-state index contributed by atoms with van der Waals surface area (Å²) in [7, 11) is 0. The molecule has 3 aromatic carbocycles. The standard InChI is InChI=1S/C31H28O6/c1-2-21-3-9-24(10-4-21)31(25-11-5-22(6-12-25)19-27(32)15-17-29(34)35)26-13-7-23(8-14-26)20-28(33)16-18-30(36)37/h3-18,31H,2,19-20H2,1H3,(H,34,35)(H,36,37)/b17-15+,18-16+. The molecule has 37 heavy (non-hydrogen) atoms. The second-order valence-corrected chi connectivity index (χ2v) is 8.64. The Kier molecular flexibility index (Phi) is 9.44. The van der Waals surface area contributed by atoms with Gasteiger partial charge in [0.2, 0.25) is 0 Å². The van der Waals surface area contributed by atoms with E-state index >= 15 is 0 Å². The molecule has 0 aliphatic rings. The van der Waals surface area contributed by atoms with E-state index < -0.39 is 11.9 Å². The third kappa shape index (κ3) is 8.25. The number of carbonyl (C=O) groups is 4. The van der Waals surface area contributed by atoms with Gasteiger partial charge in [0.15, 0.2) is 11.6 Å². The molecule has 6 heteroatoms. The van der Waals surface area contributed by atoms with Gasteiger partial charge >= 0.3 is 11.9 Å². The summed E-state index contributed by atoms with van der Waals surface area (Å²) in [4.78, 5) is 45.3. The average Bonchev–Trinajstić information content (AvgIpc) is 2.89. The van der Waals surface area contributed by atoms with Crippen molar-refractivity contribution >= 4 is 23.5 Å². The maximum absolute atomic E-state index is 12.0. The van der Waals surface area contributed by atoms with Gasteiger partial charge in [-0.2, -0.15) is 0 Å². The zero-order valence-electron chi connectivity index (χ0n) is 20.5. The number of carboxylic acids is 2. The lowest BCUT2D eigenvalue weighted by molar-refractivity contribution is -0.132. The fraction of sp³-hybridized carbons (Fsp3) is 0.161. The predicted molar refractivity (Wildman–Crippen MR) is 141 cm³/mol. The highest BCUT2D eigenvalue weighted by molar-refractivity contribution is 5.97. The van der Waals surface area contributed by atoms with Gasteiger partial charge in [-0.15, -0.1) is 0 Å². The van der Waals surface area contributed by atoms with Crippen LogP contribution in [-0.2, 0) is 38.4 Å². The van der Waals surface area contributed by atoms with Crippen LogP contribution < -0.4 is 0 Å². The number of aryl methyl sites for hydroxylation is 1. The van der Waals surface area contributed by atoms with Crippen LogP contribution in [0.3, 0.4) is 0 Å². The van der Waals surface area contributed by atoms with Crippen molar-refractivity contribution in [1.82, 2.24) is 0 Å². The van der Waals surface area contributed by atoms with Gasteiger partial charge in [-0.25, -0.2) is 9.59 Å². The normalized spacial score (nSPS) is 11.3. The number of carbonyl (C=O) groups excluding carboxylic acids is 2. The molecule has 0 unspecified atom stereocenters. The largest absolute Gasteiger partial charge is 0.478 e. The van der Waals surface area contributed by atoms with Crippen molar-refractivity contribution in [2.75, 3.05) is 0 Å². The highest BCUT2D eigenvalue weighted by Crippen LogP contribution is 2.32. The fourth-order valence-electron chi connectivity index (χ4n) is 4.03. The lowest BCUT2D eigenvalue weighted by Crippen LogP contribution is -2.06. The molecule has 0 aromatic heterocycles. The molecule has 0 amide bonds. The molecule has 3 rings (SSSR count). The van der Waals surface area contributed by atoms with E-state index in [-0.39, 0.29) is 30.3 Å². The smallest absolute Gasteiger partial charge is 0.328 e. The van der Waals surface area contributed by atoms with Gasteiger partial charge in [0, 0.05) is 30.9 Å². The predicted octanol–water partition coefficient (Wildman–Crippen LogP) is 4.93. The second kappa shape index (κ2) is 12.9. The van der Waals surface area contributed by atoms with Gasteiger partial charge in [-0.1, -0.05) is 79.7 Å². The van der Waals surface area contributed by atoms with E-state index in [1.807, 2.05) is 48.5 Å². The number of allylic oxidation sites excluding steroid dienone is 2. The van der Waals surface area contributed by atoms with Crippen molar-refractivity contribution in [1.29, 1.82) is 0 Å². The summed E-state index contributed by atoms with van der Waals surface area (Å²) in [5.41, 5.74) is 5.94. The molecule has 0 atom stereocenters. The van der Waals surface area contributed by atoms with E-state index in [9.17, 15) is 19.2 Å². The molecule has 0 saturated heterocycles. The highest BCUT2D eigenvalue weighted by Gasteiger charge is 2.17. The number of hydrogen-bond acceptors (Lipinski definition) is 4. The SMILES string of the molecule is CCc1ccc(C(c2ccc(CC(=O)/C=C/C(=O)O)cc2)c2ccc(CC(=O)/C=C/C(=O)O)cc2)cc1. The summed E-state index contributed by atoms with van der Waals surface area (Å²) in [6.07, 6.45) is 4.97. The first-order chi connectivity index (χ1) is 17.7. The molecule has 0 saturated carbocycles. The summed E-state index contributed by atoms with van der Waals surface area (Å²) >= 11 is 0. The van der Waals surface area contributed by atoms with Crippen LogP contribution in [0.25, 0.3) is 0 Å². The van der Waals surface area contributed by atoms with Gasteiger partial charge in [-0.3, -0.25) is 9.59 Å². The van der Waals surface area contributed by atoms with Gasteiger partial charge in [0.05, 0.1) is 0 Å². The van der Waals surface area contributed by atoms with Crippen molar-refractivity contribution in [2.24, 2.45) is 0 Å². The van der Waals surface area contributed by atoms with E-state index in [4.69, 9.17) is 10.2 Å². The first kappa shape index (κ1) is 27.0. The Morgan fingerprint density at radius 1 is 0.568 bits per heavy atom. The highest BCUT2D eigenvalue weighted by atomic mass is 16.4. The van der Waals surface area contributed by atoms with E-state index in [0.29, 0.717) is 0 Å². The Bertz CT molecular complexity index is 1230. The molecule has 0 radical (unpaired) electrons. The molecule has 0 fully saturated rings. The number of benzene rings is 3. The van der Waals surface area contributed by atoms with Crippen molar-refractivity contribution in [3.8, 4) is 0 Å². The van der Waals surface area contributed by atoms with Crippen LogP contribution in [0.2, 0.25) is 0 Å². The fourth-order valence-corrected chi connectivity index (χ4v) is 4.03. The molecule has 188 valence electrons. The molecule has 3 aromatic rings. The van der Waals surface area contributed by atoms with Crippen molar-refractivity contribution in [3.05, 3.63) is 130 Å². The minimum Gasteiger partial charge on any atom is -0.478 e. The van der Waals surface area contributed by atoms with Crippen LogP contribution >= 0.6 is 0 Å². The number of rotatable bonds is 12. The third-order valence-corrected chi connectivity index (χ3v) is 5.93. The lowest BCUT2D eigenvalue weighted by atomic mass is 9.84. The zero-order valence-corrected chi connectivity index (χ0v) is 20.5. The lowest BCUT2D eigenvalue weighted by Gasteiger charge is -2.20. The summed E-state index contributed by atoms with van der Waals surface area (Å²) in [5, 5.41) is 17.4. The maximum atomic E-state index is 12.0. The van der Waals surface area contributed by atoms with Crippen LogP contribution in [-0.4, -0.2) is 33.7 Å². The molecule has 0 aliphatic carbocycles. The number of ketones is 2. The van der Waals surface area contributed by atoms with Crippen LogP contribution in [0, 0.1) is 0 Å². The Labute approximate surface area is 215 Å². The van der Waals surface area contributed by atoms with Crippen LogP contribution in [0.5, 0.6) is 0 Å². The second-order valence-electron chi connectivity index (χ2n) is 8.64. The molecular weight excluding hydrogens is 468 g/mol. The average molecular weight is 497 g/mol. The van der Waals surface area contributed by atoms with Gasteiger partial charge in [0.1, 0.15) is 0 Å². The number of hydrogen-bond donors (Lipinski definition) is 2. The molecule has 6 nitrogen and oxygen atoms in total. The van der Waals surface area contributed by atoms with E-state index in [0.717, 1.165) is 58.5 Å². The van der Waals surface area contributed by atoms with Crippen molar-refractivity contribution < 1.29 is 29.4 Å². The molecule has 2 N–H and O–H groups in total. The summed E-state index contributed by atoms with van der Waals surface area (Å²) in [6, 6.07) is 23.8. The summed E-state index contributed by atoms with van der Waals surface area (Å²) in [5.74, 6) is -2.98. The summed E-state index contributed by atoms with van der Waals surface area (Å²) in [6.45, 7) is 2.10. The number of aliphatic carboxylic acids is 2. The van der Waals surface area contributed by atoms with E-state index in [1.54, 1.807) is 0 Å². The quantitative estimate of drug-likeness (QED) is 0.272. The third-order valence-electron chi connectivity index (χ3n) is 5.93. The summed E-state index contributed by atoms with van der Waals surface area (Å²) < 4.78 is 0. The van der Waals surface area contributed by atoms with Crippen molar-refractivity contribution in [3.63, 3.8) is 0 Å². The molecule has 0 bridgehead atoms. The first-order valence-electron chi connectivity index (χ1n) is 11.9. The Balaban J connectivity index is 1.87. The van der Waals surface area contributed by atoms with Crippen molar-refractivity contribution in [2.45, 2.75) is 32.1 Å². The van der Waals surface area contributed by atoms with Gasteiger partial charge < -0.3 is 10.2 Å². The minimum atomic E-state index is -1.16. The molecule has 0 heterocycles. The molecular formula is C31H28O6. The Morgan fingerprint density at radius 3 is 1.19 bits per heavy atom. The Hall–Kier alpha value is -4.58. The molecule has 0 aliphatic heterocycles. The van der Waals surface area contributed by atoms with Crippen LogP contribution in [0.1, 0.15) is 46.2 Å². The first-order valence-corrected chi connectivity index (χ1v) is 11.9. The van der Waals surface area contributed by atoms with Crippen LogP contribution in [0.4, 0.5) is 0 Å². The molecule has 0 spiro atoms. The van der Waals surface area contributed by atoms with Gasteiger partial charge in [-0.05, 0) is 52.0 Å². The monoisotopic (exact) mass is 496 g/mol. The Morgan fingerprint density at radius 2 is 0.892 bits per heavy atom. The number of carboxylic acid groups (broad SMARTS) is 2.